The van der Waals surface area contributed by atoms with Gasteiger partial charge in [-0.2, -0.15) is 0 Å². The Labute approximate surface area is 98.5 Å². The molecule has 88 valence electrons. The predicted molar refractivity (Wildman–Crippen MR) is 57.8 cm³/mol. The van der Waals surface area contributed by atoms with Crippen molar-refractivity contribution in [1.29, 1.82) is 0 Å². The van der Waals surface area contributed by atoms with Crippen LogP contribution in [0.15, 0.2) is 30.3 Å². The monoisotopic (exact) mass is 232 g/mol. The van der Waals surface area contributed by atoms with Gasteiger partial charge in [0.2, 0.25) is 0 Å². The summed E-state index contributed by atoms with van der Waals surface area (Å²) in [5, 5.41) is 0. The highest BCUT2D eigenvalue weighted by Gasteiger charge is 2.64. The fourth-order valence-corrected chi connectivity index (χ4v) is 2.52. The quantitative estimate of drug-likeness (QED) is 0.543. The zero-order valence-electron chi connectivity index (χ0n) is 9.38. The fourth-order valence-electron chi connectivity index (χ4n) is 2.52. The first-order valence-corrected chi connectivity index (χ1v) is 5.57. The summed E-state index contributed by atoms with van der Waals surface area (Å²) in [6, 6.07) is 9.46. The minimum absolute atomic E-state index is 0.218. The van der Waals surface area contributed by atoms with Crippen molar-refractivity contribution < 1.29 is 19.1 Å². The minimum Gasteiger partial charge on any atom is -0.464 e. The van der Waals surface area contributed by atoms with Crippen molar-refractivity contribution in [3.05, 3.63) is 35.9 Å². The summed E-state index contributed by atoms with van der Waals surface area (Å²) in [7, 11) is 0. The van der Waals surface area contributed by atoms with Crippen LogP contribution in [0.3, 0.4) is 0 Å². The second-order valence-electron chi connectivity index (χ2n) is 4.64. The van der Waals surface area contributed by atoms with Gasteiger partial charge in [0.15, 0.2) is 5.41 Å². The zero-order valence-corrected chi connectivity index (χ0v) is 9.38. The van der Waals surface area contributed by atoms with Gasteiger partial charge in [-0.3, -0.25) is 9.59 Å². The van der Waals surface area contributed by atoms with Gasteiger partial charge >= 0.3 is 11.9 Å². The van der Waals surface area contributed by atoms with Crippen LogP contribution in [0.1, 0.15) is 18.6 Å². The van der Waals surface area contributed by atoms with Gasteiger partial charge in [0.1, 0.15) is 6.10 Å². The number of hydrogen-bond acceptors (Lipinski definition) is 4. The highest BCUT2D eigenvalue weighted by atomic mass is 16.6. The number of carbonyl (C=O) groups excluding carboxylic acids is 2. The highest BCUT2D eigenvalue weighted by Crippen LogP contribution is 2.51. The molecule has 0 spiro atoms. The van der Waals surface area contributed by atoms with Crippen LogP contribution < -0.4 is 0 Å². The van der Waals surface area contributed by atoms with E-state index < -0.39 is 17.4 Å². The van der Waals surface area contributed by atoms with Crippen molar-refractivity contribution in [3.8, 4) is 0 Å². The number of hydrogen-bond donors (Lipinski definition) is 0. The van der Waals surface area contributed by atoms with Crippen LogP contribution in [0.5, 0.6) is 0 Å². The Kier molecular flexibility index (Phi) is 2.02. The first kappa shape index (κ1) is 10.3. The lowest BCUT2D eigenvalue weighted by molar-refractivity contribution is -0.159. The molecule has 0 bridgehead atoms. The Hall–Kier alpha value is -1.84. The Morgan fingerprint density at radius 3 is 2.59 bits per heavy atom. The number of cyclic esters (lactones) is 2. The van der Waals surface area contributed by atoms with Gasteiger partial charge in [0, 0.05) is 0 Å². The van der Waals surface area contributed by atoms with Crippen molar-refractivity contribution in [2.75, 3.05) is 6.61 Å². The molecule has 2 saturated heterocycles. The molecule has 0 aromatic heterocycles. The fraction of sp³-hybridized carbons (Fsp3) is 0.385. The Morgan fingerprint density at radius 2 is 1.88 bits per heavy atom. The molecule has 2 aliphatic rings. The molecule has 2 fully saturated rings. The van der Waals surface area contributed by atoms with Gasteiger partial charge in [0.05, 0.1) is 12.5 Å². The standard InChI is InChI=1S/C13H12O4/c1-13-9(7-16-11(13)14)10(17-12(13)15)8-5-3-2-4-6-8/h2-6,9-10H,7H2,1H3. The summed E-state index contributed by atoms with van der Waals surface area (Å²) in [5.74, 6) is -1.16. The maximum atomic E-state index is 11.8. The SMILES string of the molecule is CC12C(=O)OCC1C(c1ccccc1)OC2=O. The third-order valence-corrected chi connectivity index (χ3v) is 3.71. The lowest BCUT2D eigenvalue weighted by atomic mass is 9.77. The summed E-state index contributed by atoms with van der Waals surface area (Å²) in [6.45, 7) is 1.86. The van der Waals surface area contributed by atoms with Gasteiger partial charge in [-0.1, -0.05) is 30.3 Å². The summed E-state index contributed by atoms with van der Waals surface area (Å²) in [5.41, 5.74) is -0.214. The number of fused-ring (bicyclic) bond motifs is 1. The molecule has 3 rings (SSSR count). The van der Waals surface area contributed by atoms with E-state index in [0.717, 1.165) is 5.56 Å². The van der Waals surface area contributed by atoms with Gasteiger partial charge < -0.3 is 9.47 Å². The van der Waals surface area contributed by atoms with Crippen LogP contribution in [-0.4, -0.2) is 18.5 Å². The van der Waals surface area contributed by atoms with Gasteiger partial charge in [0.25, 0.3) is 0 Å². The Bertz CT molecular complexity index is 481. The number of esters is 2. The van der Waals surface area contributed by atoms with E-state index in [1.807, 2.05) is 30.3 Å². The van der Waals surface area contributed by atoms with E-state index >= 15 is 0 Å². The van der Waals surface area contributed by atoms with Crippen LogP contribution in [-0.2, 0) is 19.1 Å². The lowest BCUT2D eigenvalue weighted by Crippen LogP contribution is -2.33. The zero-order chi connectivity index (χ0) is 12.0. The summed E-state index contributed by atoms with van der Waals surface area (Å²) in [6.07, 6.45) is -0.375. The molecule has 4 nitrogen and oxygen atoms in total. The third kappa shape index (κ3) is 1.24. The first-order chi connectivity index (χ1) is 8.14. The molecule has 0 aliphatic carbocycles. The normalized spacial score (nSPS) is 35.4. The number of rotatable bonds is 1. The first-order valence-electron chi connectivity index (χ1n) is 5.57. The molecule has 2 heterocycles. The second kappa shape index (κ2) is 3.32. The molecular weight excluding hydrogens is 220 g/mol. The molecule has 0 radical (unpaired) electrons. The molecule has 0 amide bonds. The molecule has 4 heteroatoms. The van der Waals surface area contributed by atoms with E-state index in [0.29, 0.717) is 0 Å². The minimum atomic E-state index is -1.12. The van der Waals surface area contributed by atoms with Crippen LogP contribution in [0.2, 0.25) is 0 Å². The summed E-state index contributed by atoms with van der Waals surface area (Å²) < 4.78 is 10.4. The molecule has 2 aliphatic heterocycles. The van der Waals surface area contributed by atoms with Crippen LogP contribution in [0.25, 0.3) is 0 Å². The van der Waals surface area contributed by atoms with Crippen molar-refractivity contribution in [3.63, 3.8) is 0 Å². The maximum absolute atomic E-state index is 11.8. The van der Waals surface area contributed by atoms with Crippen molar-refractivity contribution in [2.24, 2.45) is 11.3 Å². The van der Waals surface area contributed by atoms with Crippen LogP contribution >= 0.6 is 0 Å². The van der Waals surface area contributed by atoms with Crippen molar-refractivity contribution >= 4 is 11.9 Å². The maximum Gasteiger partial charge on any atom is 0.324 e. The second-order valence-corrected chi connectivity index (χ2v) is 4.64. The molecule has 0 N–H and O–H groups in total. The summed E-state index contributed by atoms with van der Waals surface area (Å²) >= 11 is 0. The van der Waals surface area contributed by atoms with Gasteiger partial charge in [-0.05, 0) is 12.5 Å². The summed E-state index contributed by atoms with van der Waals surface area (Å²) in [4.78, 5) is 23.5. The molecule has 17 heavy (non-hydrogen) atoms. The third-order valence-electron chi connectivity index (χ3n) is 3.71. The van der Waals surface area contributed by atoms with E-state index in [1.165, 1.54) is 0 Å². The number of carbonyl (C=O) groups is 2. The molecule has 3 atom stereocenters. The predicted octanol–water partition coefficient (Wildman–Crippen LogP) is 1.46. The van der Waals surface area contributed by atoms with Crippen LogP contribution in [0.4, 0.5) is 0 Å². The average Bonchev–Trinajstić information content (AvgIpc) is 2.78. The topological polar surface area (TPSA) is 52.6 Å². The number of benzene rings is 1. The molecule has 1 aromatic rings. The van der Waals surface area contributed by atoms with Gasteiger partial charge in [-0.25, -0.2) is 0 Å². The molecular formula is C13H12O4. The molecule has 3 unspecified atom stereocenters. The number of ether oxygens (including phenoxy) is 2. The van der Waals surface area contributed by atoms with E-state index in [1.54, 1.807) is 6.92 Å². The average molecular weight is 232 g/mol. The van der Waals surface area contributed by atoms with E-state index in [-0.39, 0.29) is 18.6 Å². The molecule has 1 aromatic carbocycles. The largest absolute Gasteiger partial charge is 0.464 e. The lowest BCUT2D eigenvalue weighted by Gasteiger charge is -2.16. The smallest absolute Gasteiger partial charge is 0.324 e. The molecule has 0 saturated carbocycles. The van der Waals surface area contributed by atoms with Gasteiger partial charge in [-0.15, -0.1) is 0 Å². The van der Waals surface area contributed by atoms with E-state index in [4.69, 9.17) is 9.47 Å². The van der Waals surface area contributed by atoms with Crippen molar-refractivity contribution in [2.45, 2.75) is 13.0 Å². The Morgan fingerprint density at radius 1 is 1.18 bits per heavy atom. The van der Waals surface area contributed by atoms with E-state index in [9.17, 15) is 9.59 Å². The Balaban J connectivity index is 2.01. The van der Waals surface area contributed by atoms with Crippen molar-refractivity contribution in [1.82, 2.24) is 0 Å². The van der Waals surface area contributed by atoms with E-state index in [2.05, 4.69) is 0 Å². The highest BCUT2D eigenvalue weighted by molar-refractivity contribution is 6.02. The van der Waals surface area contributed by atoms with Crippen LogP contribution in [0, 0.1) is 11.3 Å².